The number of nitrogens with one attached hydrogen (secondary N) is 1. The first-order chi connectivity index (χ1) is 18.5. The SMILES string of the molecule is CCOc1cccc(-c2ccc3nc(-c4ccc(Cl)cc4)c(CCC(=O)NC(C)c4ccccc4)n3c2)c1. The number of benzene rings is 3. The number of hydrogen-bond acceptors (Lipinski definition) is 3. The third-order valence-electron chi connectivity index (χ3n) is 6.58. The van der Waals surface area contributed by atoms with Crippen molar-refractivity contribution in [3.8, 4) is 28.1 Å². The van der Waals surface area contributed by atoms with Crippen molar-refractivity contribution >= 4 is 23.2 Å². The number of imidazole rings is 1. The predicted octanol–water partition coefficient (Wildman–Crippen LogP) is 7.53. The highest BCUT2D eigenvalue weighted by Crippen LogP contribution is 2.30. The van der Waals surface area contributed by atoms with Crippen molar-refractivity contribution in [2.45, 2.75) is 32.7 Å². The Morgan fingerprint density at radius 2 is 1.71 bits per heavy atom. The summed E-state index contributed by atoms with van der Waals surface area (Å²) < 4.78 is 7.80. The Bertz CT molecular complexity index is 1540. The summed E-state index contributed by atoms with van der Waals surface area (Å²) in [6.45, 7) is 4.60. The zero-order valence-corrected chi connectivity index (χ0v) is 22.3. The van der Waals surface area contributed by atoms with E-state index in [4.69, 9.17) is 21.3 Å². The summed E-state index contributed by atoms with van der Waals surface area (Å²) in [6, 6.07) is 29.7. The van der Waals surface area contributed by atoms with Crippen LogP contribution in [0.25, 0.3) is 28.0 Å². The van der Waals surface area contributed by atoms with Crippen molar-refractivity contribution in [3.05, 3.63) is 113 Å². The van der Waals surface area contributed by atoms with E-state index in [1.54, 1.807) is 0 Å². The second-order valence-electron chi connectivity index (χ2n) is 9.22. The maximum atomic E-state index is 13.0. The fourth-order valence-corrected chi connectivity index (χ4v) is 4.77. The van der Waals surface area contributed by atoms with Crippen molar-refractivity contribution in [3.63, 3.8) is 0 Å². The molecule has 0 spiro atoms. The molecule has 0 aliphatic rings. The molecule has 192 valence electrons. The Kier molecular flexibility index (Phi) is 7.75. The van der Waals surface area contributed by atoms with Crippen LogP contribution in [0.3, 0.4) is 0 Å². The van der Waals surface area contributed by atoms with E-state index >= 15 is 0 Å². The lowest BCUT2D eigenvalue weighted by Gasteiger charge is -2.14. The van der Waals surface area contributed by atoms with E-state index in [0.29, 0.717) is 24.5 Å². The number of nitrogens with zero attached hydrogens (tertiary/aromatic N) is 2. The first kappa shape index (κ1) is 25.6. The van der Waals surface area contributed by atoms with Gasteiger partial charge in [0.1, 0.15) is 11.4 Å². The van der Waals surface area contributed by atoms with Gasteiger partial charge in [0, 0.05) is 23.2 Å². The molecule has 1 atom stereocenters. The minimum Gasteiger partial charge on any atom is -0.494 e. The minimum atomic E-state index is -0.0640. The van der Waals surface area contributed by atoms with Crippen LogP contribution < -0.4 is 10.1 Å². The summed E-state index contributed by atoms with van der Waals surface area (Å²) in [4.78, 5) is 17.9. The molecule has 5 rings (SSSR count). The highest BCUT2D eigenvalue weighted by atomic mass is 35.5. The van der Waals surface area contributed by atoms with Crippen LogP contribution in [-0.2, 0) is 11.2 Å². The van der Waals surface area contributed by atoms with Crippen LogP contribution in [0, 0.1) is 0 Å². The molecule has 0 fully saturated rings. The molecule has 0 aliphatic carbocycles. The maximum absolute atomic E-state index is 13.0. The number of hydrogen-bond donors (Lipinski definition) is 1. The third kappa shape index (κ3) is 5.74. The van der Waals surface area contributed by atoms with Gasteiger partial charge in [-0.05, 0) is 73.4 Å². The number of rotatable bonds is 9. The van der Waals surface area contributed by atoms with E-state index in [-0.39, 0.29) is 11.9 Å². The Morgan fingerprint density at radius 1 is 0.947 bits per heavy atom. The number of carbonyl (C=O) groups is 1. The number of pyridine rings is 1. The molecule has 2 aromatic heterocycles. The summed E-state index contributed by atoms with van der Waals surface area (Å²) in [7, 11) is 0. The van der Waals surface area contributed by atoms with Crippen molar-refractivity contribution in [2.24, 2.45) is 0 Å². The quantitative estimate of drug-likeness (QED) is 0.217. The van der Waals surface area contributed by atoms with E-state index in [1.165, 1.54) is 0 Å². The van der Waals surface area contributed by atoms with Gasteiger partial charge >= 0.3 is 0 Å². The topological polar surface area (TPSA) is 55.6 Å². The molecule has 38 heavy (non-hydrogen) atoms. The van der Waals surface area contributed by atoms with Gasteiger partial charge in [0.25, 0.3) is 0 Å². The Balaban J connectivity index is 1.47. The average molecular weight is 524 g/mol. The molecule has 5 aromatic rings. The van der Waals surface area contributed by atoms with Gasteiger partial charge in [-0.15, -0.1) is 0 Å². The molecule has 1 amide bonds. The number of fused-ring (bicyclic) bond motifs is 1. The fourth-order valence-electron chi connectivity index (χ4n) is 4.64. The zero-order valence-electron chi connectivity index (χ0n) is 21.5. The average Bonchev–Trinajstić information content (AvgIpc) is 3.31. The molecule has 2 heterocycles. The van der Waals surface area contributed by atoms with Crippen LogP contribution >= 0.6 is 11.6 Å². The number of aromatic nitrogens is 2. The van der Waals surface area contributed by atoms with Gasteiger partial charge in [0.15, 0.2) is 0 Å². The summed E-state index contributed by atoms with van der Waals surface area (Å²) in [5.41, 5.74) is 6.80. The monoisotopic (exact) mass is 523 g/mol. The van der Waals surface area contributed by atoms with Crippen LogP contribution in [0.15, 0.2) is 97.2 Å². The molecule has 1 unspecified atom stereocenters. The standard InChI is InChI=1S/C32H30ClN3O2/c1-3-38-28-11-7-10-25(20-28)26-14-18-30-35-32(24-12-15-27(33)16-13-24)29(36(30)21-26)17-19-31(37)34-22(2)23-8-5-4-6-9-23/h4-16,18,20-22H,3,17,19H2,1-2H3,(H,34,37). The smallest absolute Gasteiger partial charge is 0.220 e. The second kappa shape index (κ2) is 11.5. The molecule has 1 N–H and O–H groups in total. The number of carbonyl (C=O) groups excluding carboxylic acids is 1. The number of ether oxygens (including phenoxy) is 1. The van der Waals surface area contributed by atoms with Crippen LogP contribution in [0.2, 0.25) is 5.02 Å². The Morgan fingerprint density at radius 3 is 2.47 bits per heavy atom. The molecule has 0 aliphatic heterocycles. The maximum Gasteiger partial charge on any atom is 0.220 e. The van der Waals surface area contributed by atoms with Gasteiger partial charge in [-0.25, -0.2) is 4.98 Å². The molecule has 0 bridgehead atoms. The molecule has 3 aromatic carbocycles. The Hall–Kier alpha value is -4.09. The lowest BCUT2D eigenvalue weighted by Crippen LogP contribution is -2.26. The van der Waals surface area contributed by atoms with Gasteiger partial charge in [0.2, 0.25) is 5.91 Å². The molecule has 5 nitrogen and oxygen atoms in total. The predicted molar refractivity (Wildman–Crippen MR) is 154 cm³/mol. The van der Waals surface area contributed by atoms with Crippen molar-refractivity contribution in [1.82, 2.24) is 14.7 Å². The molecule has 6 heteroatoms. The normalized spacial score (nSPS) is 11.9. The zero-order chi connectivity index (χ0) is 26.5. The molecule has 0 saturated heterocycles. The van der Waals surface area contributed by atoms with Crippen LogP contribution in [-0.4, -0.2) is 21.9 Å². The van der Waals surface area contributed by atoms with E-state index in [9.17, 15) is 4.79 Å². The lowest BCUT2D eigenvalue weighted by atomic mass is 10.1. The lowest BCUT2D eigenvalue weighted by molar-refractivity contribution is -0.121. The van der Waals surface area contributed by atoms with Gasteiger partial charge < -0.3 is 14.5 Å². The van der Waals surface area contributed by atoms with Gasteiger partial charge in [0.05, 0.1) is 24.0 Å². The van der Waals surface area contributed by atoms with Crippen LogP contribution in [0.1, 0.15) is 37.6 Å². The summed E-state index contributed by atoms with van der Waals surface area (Å²) >= 11 is 6.15. The number of halogens is 1. The number of amides is 1. The van der Waals surface area contributed by atoms with Gasteiger partial charge in [-0.3, -0.25) is 4.79 Å². The highest BCUT2D eigenvalue weighted by molar-refractivity contribution is 6.30. The second-order valence-corrected chi connectivity index (χ2v) is 9.66. The molecule has 0 saturated carbocycles. The first-order valence-corrected chi connectivity index (χ1v) is 13.2. The van der Waals surface area contributed by atoms with Gasteiger partial charge in [-0.2, -0.15) is 0 Å². The Labute approximate surface area is 228 Å². The van der Waals surface area contributed by atoms with E-state index in [1.807, 2.05) is 92.7 Å². The van der Waals surface area contributed by atoms with Crippen molar-refractivity contribution in [1.29, 1.82) is 0 Å². The highest BCUT2D eigenvalue weighted by Gasteiger charge is 2.17. The fraction of sp³-hybridized carbons (Fsp3) is 0.188. The summed E-state index contributed by atoms with van der Waals surface area (Å²) in [6.07, 6.45) is 2.97. The van der Waals surface area contributed by atoms with Crippen molar-refractivity contribution in [2.75, 3.05) is 6.61 Å². The largest absolute Gasteiger partial charge is 0.494 e. The first-order valence-electron chi connectivity index (χ1n) is 12.9. The molecular weight excluding hydrogens is 494 g/mol. The van der Waals surface area contributed by atoms with Crippen molar-refractivity contribution < 1.29 is 9.53 Å². The van der Waals surface area contributed by atoms with E-state index in [0.717, 1.165) is 45.0 Å². The van der Waals surface area contributed by atoms with E-state index in [2.05, 4.69) is 28.0 Å². The number of aryl methyl sites for hydroxylation is 1. The third-order valence-corrected chi connectivity index (χ3v) is 6.83. The molecule has 0 radical (unpaired) electrons. The van der Waals surface area contributed by atoms with E-state index < -0.39 is 0 Å². The van der Waals surface area contributed by atoms with Gasteiger partial charge in [-0.1, -0.05) is 66.2 Å². The summed E-state index contributed by atoms with van der Waals surface area (Å²) in [5.74, 6) is 0.834. The van der Waals surface area contributed by atoms with Crippen LogP contribution in [0.5, 0.6) is 5.75 Å². The summed E-state index contributed by atoms with van der Waals surface area (Å²) in [5, 5.41) is 3.80. The molecular formula is C32H30ClN3O2. The minimum absolute atomic E-state index is 0.000991. The van der Waals surface area contributed by atoms with Crippen LogP contribution in [0.4, 0.5) is 0 Å².